The molecular formula is C11H12N4O3. The topological polar surface area (TPSA) is 79.0 Å². The maximum Gasteiger partial charge on any atom is 0.377 e. The number of rotatable bonds is 4. The van der Waals surface area contributed by atoms with Gasteiger partial charge in [0.2, 0.25) is 0 Å². The van der Waals surface area contributed by atoms with E-state index in [0.29, 0.717) is 13.1 Å². The molecule has 0 amide bonds. The minimum Gasteiger partial charge on any atom is -0.463 e. The Balaban J connectivity index is 2.03. The van der Waals surface area contributed by atoms with E-state index < -0.39 is 5.97 Å². The van der Waals surface area contributed by atoms with Crippen LogP contribution in [0.25, 0.3) is 0 Å². The van der Waals surface area contributed by atoms with Crippen LogP contribution >= 0.6 is 0 Å². The standard InChI is InChI=1S/C11H12N4O3/c1-18-11(17)10-12-8-15(13-10)7-6-14-5-3-2-4-9(14)16/h2-5,8H,6-7H2,1H3. The molecule has 0 saturated heterocycles. The molecule has 7 heteroatoms. The Morgan fingerprint density at radius 2 is 2.22 bits per heavy atom. The molecule has 18 heavy (non-hydrogen) atoms. The molecule has 0 spiro atoms. The molecule has 0 unspecified atom stereocenters. The summed E-state index contributed by atoms with van der Waals surface area (Å²) in [5.74, 6) is -0.566. The first-order valence-corrected chi connectivity index (χ1v) is 5.34. The van der Waals surface area contributed by atoms with E-state index in [0.717, 1.165) is 0 Å². The minimum absolute atomic E-state index is 0.0120. The quantitative estimate of drug-likeness (QED) is 0.707. The molecule has 0 aromatic carbocycles. The largest absolute Gasteiger partial charge is 0.463 e. The van der Waals surface area contributed by atoms with Gasteiger partial charge in [0.15, 0.2) is 0 Å². The Hall–Kier alpha value is -2.44. The van der Waals surface area contributed by atoms with Gasteiger partial charge in [-0.1, -0.05) is 6.07 Å². The van der Waals surface area contributed by atoms with Crippen LogP contribution in [-0.2, 0) is 17.8 Å². The zero-order valence-corrected chi connectivity index (χ0v) is 9.81. The Morgan fingerprint density at radius 3 is 2.94 bits per heavy atom. The first-order valence-electron chi connectivity index (χ1n) is 5.34. The van der Waals surface area contributed by atoms with Crippen molar-refractivity contribution in [3.63, 3.8) is 0 Å². The number of ether oxygens (including phenoxy) is 1. The average Bonchev–Trinajstić information content (AvgIpc) is 2.86. The monoisotopic (exact) mass is 248 g/mol. The Morgan fingerprint density at radius 1 is 1.39 bits per heavy atom. The minimum atomic E-state index is -0.578. The van der Waals surface area contributed by atoms with Crippen LogP contribution in [0.4, 0.5) is 0 Å². The van der Waals surface area contributed by atoms with Gasteiger partial charge < -0.3 is 9.30 Å². The fraction of sp³-hybridized carbons (Fsp3) is 0.273. The Kier molecular flexibility index (Phi) is 3.52. The first kappa shape index (κ1) is 12.0. The smallest absolute Gasteiger partial charge is 0.377 e. The molecule has 2 heterocycles. The molecular weight excluding hydrogens is 236 g/mol. The van der Waals surface area contributed by atoms with Gasteiger partial charge in [-0.15, -0.1) is 5.10 Å². The van der Waals surface area contributed by atoms with Gasteiger partial charge >= 0.3 is 5.97 Å². The van der Waals surface area contributed by atoms with Gasteiger partial charge in [-0.05, 0) is 6.07 Å². The SMILES string of the molecule is COC(=O)c1ncn(CCn2ccccc2=O)n1. The molecule has 2 aromatic rings. The zero-order chi connectivity index (χ0) is 13.0. The molecule has 0 atom stereocenters. The third-order valence-electron chi connectivity index (χ3n) is 2.37. The van der Waals surface area contributed by atoms with E-state index in [4.69, 9.17) is 0 Å². The number of pyridine rings is 1. The molecule has 0 radical (unpaired) electrons. The lowest BCUT2D eigenvalue weighted by molar-refractivity contribution is 0.0586. The summed E-state index contributed by atoms with van der Waals surface area (Å²) >= 11 is 0. The number of methoxy groups -OCH3 is 1. The van der Waals surface area contributed by atoms with E-state index in [1.54, 1.807) is 22.9 Å². The van der Waals surface area contributed by atoms with Crippen LogP contribution in [0.15, 0.2) is 35.5 Å². The maximum absolute atomic E-state index is 11.4. The normalized spacial score (nSPS) is 10.3. The van der Waals surface area contributed by atoms with Crippen LogP contribution < -0.4 is 5.56 Å². The summed E-state index contributed by atoms with van der Waals surface area (Å²) in [7, 11) is 1.27. The van der Waals surface area contributed by atoms with Crippen LogP contribution in [0.1, 0.15) is 10.6 Å². The summed E-state index contributed by atoms with van der Waals surface area (Å²) in [6, 6.07) is 4.95. The lowest BCUT2D eigenvalue weighted by Gasteiger charge is -2.03. The lowest BCUT2D eigenvalue weighted by atomic mass is 10.4. The molecule has 2 aromatic heterocycles. The van der Waals surface area contributed by atoms with E-state index in [9.17, 15) is 9.59 Å². The molecule has 0 aliphatic carbocycles. The van der Waals surface area contributed by atoms with Gasteiger partial charge in [0.25, 0.3) is 11.4 Å². The third-order valence-corrected chi connectivity index (χ3v) is 2.37. The van der Waals surface area contributed by atoms with Crippen molar-refractivity contribution in [2.24, 2.45) is 0 Å². The molecule has 7 nitrogen and oxygen atoms in total. The summed E-state index contributed by atoms with van der Waals surface area (Å²) in [5.41, 5.74) is -0.0780. The summed E-state index contributed by atoms with van der Waals surface area (Å²) < 4.78 is 7.55. The molecule has 94 valence electrons. The summed E-state index contributed by atoms with van der Waals surface area (Å²) in [6.07, 6.45) is 3.13. The summed E-state index contributed by atoms with van der Waals surface area (Å²) in [6.45, 7) is 0.914. The molecule has 0 aliphatic rings. The Bertz CT molecular complexity index is 602. The average molecular weight is 248 g/mol. The van der Waals surface area contributed by atoms with Crippen molar-refractivity contribution in [1.29, 1.82) is 0 Å². The van der Waals surface area contributed by atoms with Gasteiger partial charge in [0.05, 0.1) is 13.7 Å². The second-order valence-electron chi connectivity index (χ2n) is 3.56. The van der Waals surface area contributed by atoms with Gasteiger partial charge in [-0.3, -0.25) is 9.48 Å². The second kappa shape index (κ2) is 5.26. The van der Waals surface area contributed by atoms with Gasteiger partial charge in [-0.25, -0.2) is 9.78 Å². The highest BCUT2D eigenvalue weighted by Gasteiger charge is 2.10. The highest BCUT2D eigenvalue weighted by molar-refractivity contribution is 5.84. The van der Waals surface area contributed by atoms with Crippen molar-refractivity contribution in [2.45, 2.75) is 13.1 Å². The number of hydrogen-bond donors (Lipinski definition) is 0. The van der Waals surface area contributed by atoms with Crippen molar-refractivity contribution in [3.05, 3.63) is 46.9 Å². The Labute approximate surface area is 103 Å². The number of hydrogen-bond acceptors (Lipinski definition) is 5. The zero-order valence-electron chi connectivity index (χ0n) is 9.81. The molecule has 0 saturated carbocycles. The predicted octanol–water partition coefficient (Wildman–Crippen LogP) is -0.0734. The van der Waals surface area contributed by atoms with Crippen molar-refractivity contribution in [3.8, 4) is 0 Å². The number of nitrogens with zero attached hydrogens (tertiary/aromatic N) is 4. The number of esters is 1. The highest BCUT2D eigenvalue weighted by Crippen LogP contribution is 1.93. The van der Waals surface area contributed by atoms with Crippen LogP contribution in [0.2, 0.25) is 0 Å². The van der Waals surface area contributed by atoms with E-state index in [-0.39, 0.29) is 11.4 Å². The molecule has 0 N–H and O–H groups in total. The fourth-order valence-electron chi connectivity index (χ4n) is 1.44. The van der Waals surface area contributed by atoms with E-state index in [1.165, 1.54) is 24.2 Å². The maximum atomic E-state index is 11.4. The summed E-state index contributed by atoms with van der Waals surface area (Å²) in [4.78, 5) is 26.4. The highest BCUT2D eigenvalue weighted by atomic mass is 16.5. The van der Waals surface area contributed by atoms with Crippen molar-refractivity contribution in [2.75, 3.05) is 7.11 Å². The van der Waals surface area contributed by atoms with Gasteiger partial charge in [-0.2, -0.15) is 0 Å². The van der Waals surface area contributed by atoms with Crippen LogP contribution in [0.5, 0.6) is 0 Å². The van der Waals surface area contributed by atoms with Crippen molar-refractivity contribution in [1.82, 2.24) is 19.3 Å². The van der Waals surface area contributed by atoms with E-state index in [1.807, 2.05) is 0 Å². The predicted molar refractivity (Wildman–Crippen MR) is 62.1 cm³/mol. The second-order valence-corrected chi connectivity index (χ2v) is 3.56. The van der Waals surface area contributed by atoms with Crippen LogP contribution in [-0.4, -0.2) is 32.4 Å². The number of aromatic nitrogens is 4. The molecule has 0 fully saturated rings. The number of carbonyl (C=O) groups is 1. The summed E-state index contributed by atoms with van der Waals surface area (Å²) in [5, 5.41) is 3.94. The van der Waals surface area contributed by atoms with Crippen LogP contribution in [0, 0.1) is 0 Å². The van der Waals surface area contributed by atoms with Gasteiger partial charge in [0.1, 0.15) is 6.33 Å². The number of aryl methyl sites for hydroxylation is 2. The number of carbonyl (C=O) groups excluding carboxylic acids is 1. The van der Waals surface area contributed by atoms with Crippen molar-refractivity contribution < 1.29 is 9.53 Å². The van der Waals surface area contributed by atoms with Crippen LogP contribution in [0.3, 0.4) is 0 Å². The van der Waals surface area contributed by atoms with Crippen molar-refractivity contribution >= 4 is 5.97 Å². The lowest BCUT2D eigenvalue weighted by Crippen LogP contribution is -2.20. The molecule has 2 rings (SSSR count). The first-order chi connectivity index (χ1) is 8.70. The molecule has 0 aliphatic heterocycles. The fourth-order valence-corrected chi connectivity index (χ4v) is 1.44. The van der Waals surface area contributed by atoms with Gasteiger partial charge in [0, 0.05) is 18.8 Å². The van der Waals surface area contributed by atoms with E-state index in [2.05, 4.69) is 14.8 Å². The van der Waals surface area contributed by atoms with E-state index >= 15 is 0 Å². The molecule has 0 bridgehead atoms. The third kappa shape index (κ3) is 2.62.